The molecule has 7 heteroatoms. The van der Waals surface area contributed by atoms with Gasteiger partial charge in [0.05, 0.1) is 11.5 Å². The largest absolute Gasteiger partial charge is 0.477 e. The third-order valence-corrected chi connectivity index (χ3v) is 5.67. The van der Waals surface area contributed by atoms with E-state index in [1.165, 1.54) is 12.1 Å². The maximum absolute atomic E-state index is 12.8. The van der Waals surface area contributed by atoms with Gasteiger partial charge in [-0.05, 0) is 56.2 Å². The van der Waals surface area contributed by atoms with Crippen LogP contribution < -0.4 is 14.9 Å². The van der Waals surface area contributed by atoms with Crippen molar-refractivity contribution in [2.75, 3.05) is 6.61 Å². The average Bonchev–Trinajstić information content (AvgIpc) is 2.64. The highest BCUT2D eigenvalue weighted by Crippen LogP contribution is 2.30. The van der Waals surface area contributed by atoms with Gasteiger partial charge in [-0.1, -0.05) is 24.3 Å². The predicted octanol–water partition coefficient (Wildman–Crippen LogP) is 4.02. The van der Waals surface area contributed by atoms with Gasteiger partial charge in [-0.15, -0.1) is 0 Å². The number of rotatable bonds is 6. The van der Waals surface area contributed by atoms with E-state index in [1.54, 1.807) is 37.3 Å². The highest BCUT2D eigenvalue weighted by Gasteiger charge is 2.23. The zero-order valence-corrected chi connectivity index (χ0v) is 16.7. The van der Waals surface area contributed by atoms with Crippen molar-refractivity contribution in [2.24, 2.45) is 0 Å². The summed E-state index contributed by atoms with van der Waals surface area (Å²) in [5.41, 5.74) is 1.37. The van der Waals surface area contributed by atoms with Crippen molar-refractivity contribution >= 4 is 9.84 Å². The van der Waals surface area contributed by atoms with E-state index in [1.807, 2.05) is 19.9 Å². The normalized spacial score (nSPS) is 11.2. The zero-order valence-electron chi connectivity index (χ0n) is 15.9. The maximum Gasteiger partial charge on any atom is 0.240 e. The summed E-state index contributed by atoms with van der Waals surface area (Å²) in [7, 11) is -3.90. The maximum atomic E-state index is 12.8. The van der Waals surface area contributed by atoms with E-state index < -0.39 is 15.3 Å². The summed E-state index contributed by atoms with van der Waals surface area (Å²) in [6.07, 6.45) is 0. The number of aromatic amines is 1. The number of benzene rings is 2. The molecule has 0 unspecified atom stereocenters. The van der Waals surface area contributed by atoms with Gasteiger partial charge >= 0.3 is 0 Å². The van der Waals surface area contributed by atoms with Gasteiger partial charge in [0.25, 0.3) is 0 Å². The van der Waals surface area contributed by atoms with Crippen molar-refractivity contribution < 1.29 is 17.9 Å². The molecule has 0 saturated heterocycles. The summed E-state index contributed by atoms with van der Waals surface area (Å²) in [6.45, 7) is 5.80. The number of hydrogen-bond donors (Lipinski definition) is 1. The van der Waals surface area contributed by atoms with Crippen molar-refractivity contribution in [1.82, 2.24) is 4.98 Å². The monoisotopic (exact) mass is 399 g/mol. The molecule has 28 heavy (non-hydrogen) atoms. The first kappa shape index (κ1) is 19.7. The first-order valence-corrected chi connectivity index (χ1v) is 10.3. The van der Waals surface area contributed by atoms with Crippen LogP contribution in [0.2, 0.25) is 0 Å². The van der Waals surface area contributed by atoms with E-state index in [2.05, 4.69) is 4.98 Å². The van der Waals surface area contributed by atoms with Gasteiger partial charge in [-0.2, -0.15) is 0 Å². The van der Waals surface area contributed by atoms with Gasteiger partial charge < -0.3 is 14.5 Å². The van der Waals surface area contributed by atoms with Crippen LogP contribution in [0.1, 0.15) is 18.1 Å². The van der Waals surface area contributed by atoms with Gasteiger partial charge in [0.15, 0.2) is 0 Å². The molecule has 0 bridgehead atoms. The molecule has 0 aliphatic heterocycles. The van der Waals surface area contributed by atoms with Crippen molar-refractivity contribution in [3.63, 3.8) is 0 Å². The third-order valence-electron chi connectivity index (χ3n) is 3.98. The molecule has 3 rings (SSSR count). The van der Waals surface area contributed by atoms with E-state index >= 15 is 0 Å². The van der Waals surface area contributed by atoms with Crippen molar-refractivity contribution in [2.45, 2.75) is 30.7 Å². The van der Waals surface area contributed by atoms with Gasteiger partial charge in [-0.25, -0.2) is 8.42 Å². The Morgan fingerprint density at radius 1 is 0.964 bits per heavy atom. The topological polar surface area (TPSA) is 85.5 Å². The number of nitrogens with one attached hydrogen (secondary N) is 1. The van der Waals surface area contributed by atoms with E-state index in [-0.39, 0.29) is 28.2 Å². The van der Waals surface area contributed by atoms with Gasteiger partial charge in [-0.3, -0.25) is 4.79 Å². The summed E-state index contributed by atoms with van der Waals surface area (Å²) < 4.78 is 36.9. The molecule has 0 radical (unpaired) electrons. The molecule has 0 saturated carbocycles. The Balaban J connectivity index is 2.09. The second-order valence-electron chi connectivity index (χ2n) is 6.33. The number of sulfone groups is 1. The van der Waals surface area contributed by atoms with E-state index in [0.717, 1.165) is 17.2 Å². The van der Waals surface area contributed by atoms with Crippen molar-refractivity contribution in [3.8, 4) is 17.4 Å². The molecule has 3 aromatic rings. The highest BCUT2D eigenvalue weighted by atomic mass is 32.2. The van der Waals surface area contributed by atoms with Crippen LogP contribution in [0.4, 0.5) is 0 Å². The molecular formula is C21H21NO5S. The Kier molecular flexibility index (Phi) is 5.56. The lowest BCUT2D eigenvalue weighted by atomic mass is 10.1. The Hall–Kier alpha value is -3.06. The summed E-state index contributed by atoms with van der Waals surface area (Å²) in [4.78, 5) is 15.5. The molecule has 0 atom stereocenters. The summed E-state index contributed by atoms with van der Waals surface area (Å²) in [5.74, 6) is 0.366. The van der Waals surface area contributed by atoms with Crippen LogP contribution in [0.25, 0.3) is 0 Å². The van der Waals surface area contributed by atoms with Gasteiger partial charge in [0, 0.05) is 6.07 Å². The Bertz CT molecular complexity index is 1130. The molecular weight excluding hydrogens is 378 g/mol. The van der Waals surface area contributed by atoms with Crippen LogP contribution in [-0.4, -0.2) is 20.0 Å². The van der Waals surface area contributed by atoms with Crippen LogP contribution in [0.5, 0.6) is 17.4 Å². The standard InChI is InChI=1S/C21H21NO5S/c1-4-26-21-20(27-16-11-14(2)10-15(3)12-16)18(23)13-19(22-21)28(24,25)17-8-6-5-7-9-17/h5-13H,4H2,1-3H3,(H,22,23). The first-order chi connectivity index (χ1) is 13.3. The molecule has 0 aliphatic carbocycles. The summed E-state index contributed by atoms with van der Waals surface area (Å²) in [6, 6.07) is 14.5. The minimum Gasteiger partial charge on any atom is -0.477 e. The Morgan fingerprint density at radius 2 is 1.61 bits per heavy atom. The fourth-order valence-electron chi connectivity index (χ4n) is 2.82. The van der Waals surface area contributed by atoms with Crippen molar-refractivity contribution in [1.29, 1.82) is 0 Å². The zero-order chi connectivity index (χ0) is 20.3. The molecule has 1 aromatic heterocycles. The minimum atomic E-state index is -3.90. The SMILES string of the molecule is CCOc1[nH]c(S(=O)(=O)c2ccccc2)cc(=O)c1Oc1cc(C)cc(C)c1. The van der Waals surface area contributed by atoms with Crippen LogP contribution in [-0.2, 0) is 9.84 Å². The average molecular weight is 399 g/mol. The fraction of sp³-hybridized carbons (Fsp3) is 0.190. The molecule has 2 aromatic carbocycles. The van der Waals surface area contributed by atoms with E-state index in [4.69, 9.17) is 9.47 Å². The molecule has 146 valence electrons. The van der Waals surface area contributed by atoms with Crippen LogP contribution in [0.15, 0.2) is 69.3 Å². The molecule has 6 nitrogen and oxygen atoms in total. The number of ether oxygens (including phenoxy) is 2. The third kappa shape index (κ3) is 4.09. The van der Waals surface area contributed by atoms with Gasteiger partial charge in [0.1, 0.15) is 10.8 Å². The summed E-state index contributed by atoms with van der Waals surface area (Å²) >= 11 is 0. The number of H-pyrrole nitrogens is 1. The predicted molar refractivity (Wildman–Crippen MR) is 106 cm³/mol. The van der Waals surface area contributed by atoms with Crippen LogP contribution >= 0.6 is 0 Å². The number of aryl methyl sites for hydroxylation is 2. The molecule has 1 heterocycles. The lowest BCUT2D eigenvalue weighted by molar-refractivity contribution is 0.304. The lowest BCUT2D eigenvalue weighted by Gasteiger charge is -2.13. The Morgan fingerprint density at radius 3 is 2.21 bits per heavy atom. The Labute approximate surface area is 163 Å². The van der Waals surface area contributed by atoms with Crippen LogP contribution in [0, 0.1) is 13.8 Å². The second-order valence-corrected chi connectivity index (χ2v) is 8.25. The molecule has 0 fully saturated rings. The number of hydrogen-bond acceptors (Lipinski definition) is 5. The first-order valence-electron chi connectivity index (χ1n) is 8.77. The molecule has 1 N–H and O–H groups in total. The summed E-state index contributed by atoms with van der Waals surface area (Å²) in [5, 5.41) is -0.250. The fourth-order valence-corrected chi connectivity index (χ4v) is 4.08. The lowest BCUT2D eigenvalue weighted by Crippen LogP contribution is -2.14. The quantitative estimate of drug-likeness (QED) is 0.677. The molecule has 0 spiro atoms. The van der Waals surface area contributed by atoms with E-state index in [9.17, 15) is 13.2 Å². The van der Waals surface area contributed by atoms with Gasteiger partial charge in [0.2, 0.25) is 26.9 Å². The number of pyridine rings is 1. The molecule has 0 amide bonds. The van der Waals surface area contributed by atoms with Crippen LogP contribution in [0.3, 0.4) is 0 Å². The van der Waals surface area contributed by atoms with E-state index in [0.29, 0.717) is 5.75 Å². The smallest absolute Gasteiger partial charge is 0.240 e. The number of aromatic nitrogens is 1. The minimum absolute atomic E-state index is 0.0244. The van der Waals surface area contributed by atoms with Crippen molar-refractivity contribution in [3.05, 3.63) is 75.9 Å². The second kappa shape index (κ2) is 7.90. The molecule has 0 aliphatic rings. The highest BCUT2D eigenvalue weighted by molar-refractivity contribution is 7.91.